The molecule has 0 aliphatic rings. The number of nitrogens with two attached hydrogens (primary N) is 1. The van der Waals surface area contributed by atoms with Gasteiger partial charge < -0.3 is 15.5 Å². The number of thioether (sulfide) groups is 1. The third-order valence-corrected chi connectivity index (χ3v) is 3.18. The van der Waals surface area contributed by atoms with E-state index >= 15 is 0 Å². The van der Waals surface area contributed by atoms with Crippen LogP contribution >= 0.6 is 11.8 Å². The van der Waals surface area contributed by atoms with E-state index in [-0.39, 0.29) is 11.8 Å². The number of amidine groups is 1. The molecule has 0 saturated carbocycles. The minimum atomic E-state index is 0.0432. The van der Waals surface area contributed by atoms with Gasteiger partial charge in [0.15, 0.2) is 5.16 Å². The van der Waals surface area contributed by atoms with E-state index in [1.54, 1.807) is 18.0 Å². The first-order valence-electron chi connectivity index (χ1n) is 4.22. The number of aromatic nitrogens is 2. The number of hydrogen-bond donors (Lipinski definition) is 2. The maximum atomic E-state index is 8.45. The zero-order valence-electron chi connectivity index (χ0n) is 8.21. The molecule has 1 unspecified atom stereocenters. The van der Waals surface area contributed by atoms with Gasteiger partial charge in [0.05, 0.1) is 0 Å². The van der Waals surface area contributed by atoms with Crippen LogP contribution in [0.3, 0.4) is 0 Å². The van der Waals surface area contributed by atoms with E-state index < -0.39 is 0 Å². The van der Waals surface area contributed by atoms with Crippen LogP contribution in [-0.4, -0.2) is 26.3 Å². The lowest BCUT2D eigenvalue weighted by atomic mass is 10.2. The first-order chi connectivity index (χ1) is 6.65. The molecule has 0 saturated heterocycles. The lowest BCUT2D eigenvalue weighted by molar-refractivity contribution is 0.315. The van der Waals surface area contributed by atoms with Gasteiger partial charge in [0, 0.05) is 31.1 Å². The van der Waals surface area contributed by atoms with Crippen LogP contribution in [0.5, 0.6) is 0 Å². The molecule has 0 aliphatic carbocycles. The Hall–Kier alpha value is -1.17. The summed E-state index contributed by atoms with van der Waals surface area (Å²) in [4.78, 5) is 4.16. The standard InChI is InChI=1S/C8H14N4OS/c1-6(7(9)11-13)5-14-8-10-3-4-12(8)2/h3-4,6,13H,5H2,1-2H3,(H2,9,11). The van der Waals surface area contributed by atoms with Crippen LogP contribution in [0.4, 0.5) is 0 Å². The molecule has 6 heteroatoms. The SMILES string of the molecule is CC(CSc1nccn1C)/C(N)=N/O. The topological polar surface area (TPSA) is 76.4 Å². The van der Waals surface area contributed by atoms with Gasteiger partial charge in [-0.3, -0.25) is 0 Å². The van der Waals surface area contributed by atoms with Gasteiger partial charge in [0.1, 0.15) is 5.84 Å². The van der Waals surface area contributed by atoms with Gasteiger partial charge in [-0.25, -0.2) is 4.98 Å². The molecule has 1 aromatic heterocycles. The van der Waals surface area contributed by atoms with Gasteiger partial charge in [0.2, 0.25) is 0 Å². The third-order valence-electron chi connectivity index (χ3n) is 1.86. The summed E-state index contributed by atoms with van der Waals surface area (Å²) < 4.78 is 1.93. The fourth-order valence-corrected chi connectivity index (χ4v) is 1.84. The predicted molar refractivity (Wildman–Crippen MR) is 56.5 cm³/mol. The summed E-state index contributed by atoms with van der Waals surface area (Å²) in [6.45, 7) is 1.91. The van der Waals surface area contributed by atoms with E-state index in [1.165, 1.54) is 0 Å². The Balaban J connectivity index is 2.45. The molecule has 1 atom stereocenters. The molecule has 0 spiro atoms. The molecule has 1 heterocycles. The van der Waals surface area contributed by atoms with Crippen molar-refractivity contribution in [2.45, 2.75) is 12.1 Å². The van der Waals surface area contributed by atoms with E-state index in [4.69, 9.17) is 10.9 Å². The highest BCUT2D eigenvalue weighted by molar-refractivity contribution is 7.99. The van der Waals surface area contributed by atoms with Crippen molar-refractivity contribution < 1.29 is 5.21 Å². The van der Waals surface area contributed by atoms with Gasteiger partial charge in [-0.05, 0) is 0 Å². The molecule has 0 aromatic carbocycles. The number of hydrogen-bond acceptors (Lipinski definition) is 4. The van der Waals surface area contributed by atoms with E-state index in [0.29, 0.717) is 0 Å². The minimum absolute atomic E-state index is 0.0432. The maximum absolute atomic E-state index is 8.45. The smallest absolute Gasteiger partial charge is 0.167 e. The van der Waals surface area contributed by atoms with E-state index in [2.05, 4.69) is 10.1 Å². The second kappa shape index (κ2) is 4.90. The molecule has 0 fully saturated rings. The zero-order chi connectivity index (χ0) is 10.6. The molecule has 0 amide bonds. The van der Waals surface area contributed by atoms with Crippen LogP contribution in [0.2, 0.25) is 0 Å². The molecule has 0 bridgehead atoms. The summed E-state index contributed by atoms with van der Waals surface area (Å²) in [7, 11) is 1.93. The van der Waals surface area contributed by atoms with Crippen molar-refractivity contribution in [2.75, 3.05) is 5.75 Å². The fourth-order valence-electron chi connectivity index (χ4n) is 0.874. The monoisotopic (exact) mass is 214 g/mol. The highest BCUT2D eigenvalue weighted by atomic mass is 32.2. The number of oxime groups is 1. The molecular weight excluding hydrogens is 200 g/mol. The minimum Gasteiger partial charge on any atom is -0.409 e. The maximum Gasteiger partial charge on any atom is 0.167 e. The van der Waals surface area contributed by atoms with E-state index in [0.717, 1.165) is 10.9 Å². The quantitative estimate of drug-likeness (QED) is 0.257. The van der Waals surface area contributed by atoms with Gasteiger partial charge >= 0.3 is 0 Å². The van der Waals surface area contributed by atoms with Crippen molar-refractivity contribution >= 4 is 17.6 Å². The van der Waals surface area contributed by atoms with Gasteiger partial charge in [-0.2, -0.15) is 0 Å². The number of imidazole rings is 1. The lowest BCUT2D eigenvalue weighted by Gasteiger charge is -2.08. The average molecular weight is 214 g/mol. The van der Waals surface area contributed by atoms with Crippen molar-refractivity contribution in [3.05, 3.63) is 12.4 Å². The second-order valence-electron chi connectivity index (χ2n) is 3.06. The lowest BCUT2D eigenvalue weighted by Crippen LogP contribution is -2.23. The van der Waals surface area contributed by atoms with E-state index in [9.17, 15) is 0 Å². The van der Waals surface area contributed by atoms with Crippen molar-refractivity contribution in [3.8, 4) is 0 Å². The Morgan fingerprint density at radius 2 is 2.57 bits per heavy atom. The first-order valence-corrected chi connectivity index (χ1v) is 5.21. The highest BCUT2D eigenvalue weighted by Crippen LogP contribution is 2.17. The number of aryl methyl sites for hydroxylation is 1. The molecule has 3 N–H and O–H groups in total. The molecule has 0 radical (unpaired) electrons. The van der Waals surface area contributed by atoms with Crippen LogP contribution in [0.25, 0.3) is 0 Å². The summed E-state index contributed by atoms with van der Waals surface area (Å²) >= 11 is 1.59. The van der Waals surface area contributed by atoms with E-state index in [1.807, 2.05) is 24.7 Å². The summed E-state index contributed by atoms with van der Waals surface area (Å²) in [6, 6.07) is 0. The molecular formula is C8H14N4OS. The summed E-state index contributed by atoms with van der Waals surface area (Å²) in [5, 5.41) is 12.3. The molecule has 0 aliphatic heterocycles. The van der Waals surface area contributed by atoms with Crippen LogP contribution in [0, 0.1) is 5.92 Å². The Morgan fingerprint density at radius 3 is 3.07 bits per heavy atom. The Bertz CT molecular complexity index is 323. The Labute approximate surface area is 87.0 Å². The largest absolute Gasteiger partial charge is 0.409 e. The summed E-state index contributed by atoms with van der Waals surface area (Å²) in [6.07, 6.45) is 3.63. The normalized spacial score (nSPS) is 14.3. The number of nitrogens with zero attached hydrogens (tertiary/aromatic N) is 3. The zero-order valence-corrected chi connectivity index (χ0v) is 9.03. The van der Waals surface area contributed by atoms with Crippen molar-refractivity contribution in [3.63, 3.8) is 0 Å². The van der Waals surface area contributed by atoms with Crippen molar-refractivity contribution in [1.82, 2.24) is 9.55 Å². The Kier molecular flexibility index (Phi) is 3.82. The van der Waals surface area contributed by atoms with Crippen LogP contribution in [0.1, 0.15) is 6.92 Å². The van der Waals surface area contributed by atoms with Gasteiger partial charge in [-0.15, -0.1) is 0 Å². The number of rotatable bonds is 4. The van der Waals surface area contributed by atoms with Crippen LogP contribution in [0.15, 0.2) is 22.7 Å². The fraction of sp³-hybridized carbons (Fsp3) is 0.500. The predicted octanol–water partition coefficient (Wildman–Crippen LogP) is 0.895. The van der Waals surface area contributed by atoms with Gasteiger partial charge in [0.25, 0.3) is 0 Å². The van der Waals surface area contributed by atoms with Crippen molar-refractivity contribution in [2.24, 2.45) is 23.9 Å². The Morgan fingerprint density at radius 1 is 1.86 bits per heavy atom. The van der Waals surface area contributed by atoms with Crippen LogP contribution in [-0.2, 0) is 7.05 Å². The third kappa shape index (κ3) is 2.66. The first kappa shape index (κ1) is 10.9. The molecule has 78 valence electrons. The van der Waals surface area contributed by atoms with Crippen molar-refractivity contribution in [1.29, 1.82) is 0 Å². The van der Waals surface area contributed by atoms with Gasteiger partial charge in [-0.1, -0.05) is 23.8 Å². The van der Waals surface area contributed by atoms with Crippen LogP contribution < -0.4 is 5.73 Å². The molecule has 5 nitrogen and oxygen atoms in total. The summed E-state index contributed by atoms with van der Waals surface area (Å²) in [5.74, 6) is 1.05. The molecule has 14 heavy (non-hydrogen) atoms. The molecule has 1 aromatic rings. The molecule has 1 rings (SSSR count). The summed E-state index contributed by atoms with van der Waals surface area (Å²) in [5.41, 5.74) is 5.45. The highest BCUT2D eigenvalue weighted by Gasteiger charge is 2.09. The second-order valence-corrected chi connectivity index (χ2v) is 4.04. The average Bonchev–Trinajstić information content (AvgIpc) is 2.59.